The van der Waals surface area contributed by atoms with Crippen LogP contribution in [0.1, 0.15) is 24.2 Å². The van der Waals surface area contributed by atoms with E-state index in [1.807, 2.05) is 61.5 Å². The number of carbonyl (C=O) groups excluding carboxylic acids is 1. The summed E-state index contributed by atoms with van der Waals surface area (Å²) in [6.45, 7) is 2.40. The normalized spacial score (nSPS) is 11.9. The van der Waals surface area contributed by atoms with Gasteiger partial charge in [-0.2, -0.15) is 0 Å². The number of methoxy groups -OCH3 is 1. The Morgan fingerprint density at radius 3 is 2.52 bits per heavy atom. The van der Waals surface area contributed by atoms with Crippen molar-refractivity contribution in [3.8, 4) is 5.75 Å². The van der Waals surface area contributed by atoms with Crippen molar-refractivity contribution < 1.29 is 14.3 Å². The van der Waals surface area contributed by atoms with Gasteiger partial charge in [0.15, 0.2) is 5.78 Å². The van der Waals surface area contributed by atoms with E-state index >= 15 is 0 Å². The lowest BCUT2D eigenvalue weighted by Gasteiger charge is -2.16. The average molecular weight is 284 g/mol. The quantitative estimate of drug-likeness (QED) is 0.779. The zero-order valence-corrected chi connectivity index (χ0v) is 12.4. The zero-order valence-electron chi connectivity index (χ0n) is 12.4. The summed E-state index contributed by atoms with van der Waals surface area (Å²) in [6.07, 6.45) is -0.182. The predicted octanol–water partition coefficient (Wildman–Crippen LogP) is 3.58. The van der Waals surface area contributed by atoms with Crippen molar-refractivity contribution in [3.05, 3.63) is 65.7 Å². The van der Waals surface area contributed by atoms with Crippen molar-refractivity contribution >= 4 is 5.78 Å². The van der Waals surface area contributed by atoms with Gasteiger partial charge in [0.1, 0.15) is 11.9 Å². The van der Waals surface area contributed by atoms with E-state index in [1.165, 1.54) is 0 Å². The van der Waals surface area contributed by atoms with Crippen LogP contribution in [0.25, 0.3) is 0 Å². The lowest BCUT2D eigenvalue weighted by molar-refractivity contribution is -0.130. The van der Waals surface area contributed by atoms with Gasteiger partial charge in [-0.1, -0.05) is 42.5 Å². The maximum absolute atomic E-state index is 12.5. The highest BCUT2D eigenvalue weighted by atomic mass is 16.5. The molecule has 110 valence electrons. The molecule has 0 bridgehead atoms. The Balaban J connectivity index is 2.15. The molecule has 2 aromatic rings. The van der Waals surface area contributed by atoms with Crippen LogP contribution in [-0.2, 0) is 16.0 Å². The molecule has 3 nitrogen and oxygen atoms in total. The third-order valence-electron chi connectivity index (χ3n) is 3.24. The number of ketones is 1. The van der Waals surface area contributed by atoms with E-state index in [1.54, 1.807) is 7.11 Å². The number of hydrogen-bond acceptors (Lipinski definition) is 3. The summed E-state index contributed by atoms with van der Waals surface area (Å²) in [6, 6.07) is 17.2. The number of carbonyl (C=O) groups is 1. The Morgan fingerprint density at radius 1 is 1.10 bits per heavy atom. The molecule has 2 aromatic carbocycles. The van der Waals surface area contributed by atoms with Crippen molar-refractivity contribution in [1.82, 2.24) is 0 Å². The maximum atomic E-state index is 12.5. The number of benzene rings is 2. The monoisotopic (exact) mass is 284 g/mol. The van der Waals surface area contributed by atoms with Crippen LogP contribution >= 0.6 is 0 Å². The van der Waals surface area contributed by atoms with Gasteiger partial charge < -0.3 is 9.47 Å². The Hall–Kier alpha value is -2.13. The van der Waals surface area contributed by atoms with Gasteiger partial charge in [0, 0.05) is 13.0 Å². The van der Waals surface area contributed by atoms with Crippen LogP contribution in [0.5, 0.6) is 5.75 Å². The van der Waals surface area contributed by atoms with Gasteiger partial charge >= 0.3 is 0 Å². The zero-order chi connectivity index (χ0) is 15.1. The molecule has 21 heavy (non-hydrogen) atoms. The van der Waals surface area contributed by atoms with Gasteiger partial charge in [0.05, 0.1) is 7.11 Å². The third-order valence-corrected chi connectivity index (χ3v) is 3.24. The third kappa shape index (κ3) is 4.17. The van der Waals surface area contributed by atoms with Crippen LogP contribution in [0.15, 0.2) is 54.6 Å². The van der Waals surface area contributed by atoms with E-state index < -0.39 is 6.10 Å². The highest BCUT2D eigenvalue weighted by molar-refractivity contribution is 5.86. The molecule has 0 saturated heterocycles. The molecule has 0 aliphatic heterocycles. The fourth-order valence-corrected chi connectivity index (χ4v) is 2.25. The van der Waals surface area contributed by atoms with E-state index in [0.717, 1.165) is 16.9 Å². The molecule has 0 heterocycles. The standard InChI is InChI=1S/C18H20O3/c1-3-21-18(15-9-5-4-6-10-15)17(19)13-14-8-7-11-16(12-14)20-2/h4-12,18H,3,13H2,1-2H3. The van der Waals surface area contributed by atoms with Crippen molar-refractivity contribution in [2.75, 3.05) is 13.7 Å². The SMILES string of the molecule is CCOC(C(=O)Cc1cccc(OC)c1)c1ccccc1. The summed E-state index contributed by atoms with van der Waals surface area (Å²) in [5.74, 6) is 0.810. The minimum Gasteiger partial charge on any atom is -0.497 e. The van der Waals surface area contributed by atoms with Crippen molar-refractivity contribution in [1.29, 1.82) is 0 Å². The molecule has 0 aliphatic carbocycles. The second-order valence-corrected chi connectivity index (χ2v) is 4.74. The van der Waals surface area contributed by atoms with E-state index in [9.17, 15) is 4.79 Å². The van der Waals surface area contributed by atoms with Gasteiger partial charge in [-0.15, -0.1) is 0 Å². The Bertz CT molecular complexity index is 578. The average Bonchev–Trinajstić information content (AvgIpc) is 2.53. The van der Waals surface area contributed by atoms with Gasteiger partial charge in [-0.3, -0.25) is 4.79 Å². The maximum Gasteiger partial charge on any atom is 0.170 e. The van der Waals surface area contributed by atoms with E-state index in [4.69, 9.17) is 9.47 Å². The first-order chi connectivity index (χ1) is 10.2. The molecule has 0 spiro atoms. The van der Waals surface area contributed by atoms with Crippen LogP contribution in [0.3, 0.4) is 0 Å². The minimum atomic E-state index is -0.512. The molecule has 0 aliphatic rings. The highest BCUT2D eigenvalue weighted by Crippen LogP contribution is 2.21. The van der Waals surface area contributed by atoms with E-state index in [-0.39, 0.29) is 5.78 Å². The molecule has 1 atom stereocenters. The first-order valence-electron chi connectivity index (χ1n) is 7.06. The molecular weight excluding hydrogens is 264 g/mol. The number of hydrogen-bond donors (Lipinski definition) is 0. The van der Waals surface area contributed by atoms with E-state index in [0.29, 0.717) is 13.0 Å². The Morgan fingerprint density at radius 2 is 1.86 bits per heavy atom. The second kappa shape index (κ2) is 7.60. The number of Topliss-reactive ketones (excluding diaryl/α,β-unsaturated/α-hetero) is 1. The molecule has 0 amide bonds. The Kier molecular flexibility index (Phi) is 5.52. The van der Waals surface area contributed by atoms with Gasteiger partial charge in [-0.25, -0.2) is 0 Å². The fourth-order valence-electron chi connectivity index (χ4n) is 2.25. The van der Waals surface area contributed by atoms with Crippen molar-refractivity contribution in [2.45, 2.75) is 19.4 Å². The molecular formula is C18H20O3. The highest BCUT2D eigenvalue weighted by Gasteiger charge is 2.20. The first kappa shape index (κ1) is 15.3. The van der Waals surface area contributed by atoms with E-state index in [2.05, 4.69) is 0 Å². The molecule has 0 N–H and O–H groups in total. The predicted molar refractivity (Wildman–Crippen MR) is 82.5 cm³/mol. The van der Waals surface area contributed by atoms with Crippen LogP contribution in [0.2, 0.25) is 0 Å². The summed E-state index contributed by atoms with van der Waals surface area (Å²) in [5, 5.41) is 0. The number of rotatable bonds is 7. The van der Waals surface area contributed by atoms with Gasteiger partial charge in [-0.05, 0) is 30.2 Å². The lowest BCUT2D eigenvalue weighted by atomic mass is 9.99. The van der Waals surface area contributed by atoms with Crippen LogP contribution in [-0.4, -0.2) is 19.5 Å². The largest absolute Gasteiger partial charge is 0.497 e. The summed E-state index contributed by atoms with van der Waals surface area (Å²) < 4.78 is 10.8. The molecule has 0 radical (unpaired) electrons. The number of ether oxygens (including phenoxy) is 2. The summed E-state index contributed by atoms with van der Waals surface area (Å²) in [5.41, 5.74) is 1.83. The second-order valence-electron chi connectivity index (χ2n) is 4.74. The van der Waals surface area contributed by atoms with Crippen LogP contribution < -0.4 is 4.74 Å². The fraction of sp³-hybridized carbons (Fsp3) is 0.278. The molecule has 0 fully saturated rings. The van der Waals surface area contributed by atoms with Gasteiger partial charge in [0.25, 0.3) is 0 Å². The molecule has 0 aromatic heterocycles. The first-order valence-corrected chi connectivity index (χ1v) is 7.06. The van der Waals surface area contributed by atoms with Crippen molar-refractivity contribution in [2.24, 2.45) is 0 Å². The molecule has 3 heteroatoms. The van der Waals surface area contributed by atoms with Gasteiger partial charge in [0.2, 0.25) is 0 Å². The molecule has 0 saturated carbocycles. The van der Waals surface area contributed by atoms with Crippen molar-refractivity contribution in [3.63, 3.8) is 0 Å². The summed E-state index contributed by atoms with van der Waals surface area (Å²) >= 11 is 0. The van der Waals surface area contributed by atoms with Crippen LogP contribution in [0.4, 0.5) is 0 Å². The van der Waals surface area contributed by atoms with Crippen LogP contribution in [0, 0.1) is 0 Å². The minimum absolute atomic E-state index is 0.0521. The summed E-state index contributed by atoms with van der Waals surface area (Å²) in [4.78, 5) is 12.5. The molecule has 2 rings (SSSR count). The molecule has 1 unspecified atom stereocenters. The Labute approximate surface area is 125 Å². The summed E-state index contributed by atoms with van der Waals surface area (Å²) in [7, 11) is 1.62. The smallest absolute Gasteiger partial charge is 0.170 e. The topological polar surface area (TPSA) is 35.5 Å². The lowest BCUT2D eigenvalue weighted by Crippen LogP contribution is -2.18.